The zero-order valence-corrected chi connectivity index (χ0v) is 14.2. The first-order valence-electron chi connectivity index (χ1n) is 6.57. The molecule has 0 saturated heterocycles. The molecule has 0 aliphatic rings. The van der Waals surface area contributed by atoms with Gasteiger partial charge in [0, 0.05) is 22.8 Å². The van der Waals surface area contributed by atoms with E-state index in [4.69, 9.17) is 12.2 Å². The van der Waals surface area contributed by atoms with Crippen molar-refractivity contribution >= 4 is 39.1 Å². The zero-order chi connectivity index (χ0) is 16.1. The van der Waals surface area contributed by atoms with Crippen molar-refractivity contribution in [2.45, 2.75) is 13.3 Å². The van der Waals surface area contributed by atoms with Gasteiger partial charge in [-0.05, 0) is 65.3 Å². The number of nitrogens with one attached hydrogen (secondary N) is 2. The molecule has 2 aromatic rings. The minimum Gasteiger partial charge on any atom is -0.362 e. The molecule has 1 aromatic heterocycles. The van der Waals surface area contributed by atoms with Gasteiger partial charge in [-0.25, -0.2) is 13.8 Å². The smallest absolute Gasteiger partial charge is 0.171 e. The third-order valence-electron chi connectivity index (χ3n) is 3.00. The van der Waals surface area contributed by atoms with Crippen LogP contribution in [0.1, 0.15) is 11.1 Å². The van der Waals surface area contributed by atoms with Crippen molar-refractivity contribution in [3.05, 3.63) is 57.7 Å². The van der Waals surface area contributed by atoms with Gasteiger partial charge in [0.15, 0.2) is 5.11 Å². The number of benzene rings is 1. The van der Waals surface area contributed by atoms with Gasteiger partial charge in [0.1, 0.15) is 17.5 Å². The second-order valence-electron chi connectivity index (χ2n) is 4.65. The summed E-state index contributed by atoms with van der Waals surface area (Å²) in [6, 6.07) is 5.73. The van der Waals surface area contributed by atoms with E-state index in [1.54, 1.807) is 6.20 Å². The highest BCUT2D eigenvalue weighted by molar-refractivity contribution is 9.10. The summed E-state index contributed by atoms with van der Waals surface area (Å²) < 4.78 is 27.8. The summed E-state index contributed by atoms with van der Waals surface area (Å²) >= 11 is 8.48. The van der Waals surface area contributed by atoms with Gasteiger partial charge in [-0.1, -0.05) is 6.07 Å². The van der Waals surface area contributed by atoms with E-state index in [-0.39, 0.29) is 12.0 Å². The highest BCUT2D eigenvalue weighted by atomic mass is 79.9. The molecule has 1 aromatic carbocycles. The molecule has 0 bridgehead atoms. The first-order chi connectivity index (χ1) is 10.5. The summed E-state index contributed by atoms with van der Waals surface area (Å²) in [7, 11) is 0. The monoisotopic (exact) mass is 385 g/mol. The number of hydrogen-bond donors (Lipinski definition) is 2. The summed E-state index contributed by atoms with van der Waals surface area (Å²) in [6.45, 7) is 2.22. The molecule has 0 atom stereocenters. The highest BCUT2D eigenvalue weighted by Crippen LogP contribution is 2.16. The fourth-order valence-corrected chi connectivity index (χ4v) is 2.54. The Morgan fingerprint density at radius 2 is 2.00 bits per heavy atom. The van der Waals surface area contributed by atoms with E-state index in [1.165, 1.54) is 18.2 Å². The molecule has 2 N–H and O–H groups in total. The molecule has 0 radical (unpaired) electrons. The number of anilines is 1. The number of nitrogens with zero attached hydrogens (tertiary/aromatic N) is 1. The lowest BCUT2D eigenvalue weighted by atomic mass is 10.1. The first-order valence-corrected chi connectivity index (χ1v) is 7.77. The lowest BCUT2D eigenvalue weighted by molar-refractivity contribution is 0.553. The molecule has 1 heterocycles. The van der Waals surface area contributed by atoms with Crippen LogP contribution in [-0.4, -0.2) is 16.6 Å². The number of rotatable bonds is 4. The van der Waals surface area contributed by atoms with E-state index in [1.807, 2.05) is 13.0 Å². The Kier molecular flexibility index (Phi) is 5.79. The van der Waals surface area contributed by atoms with Gasteiger partial charge in [-0.2, -0.15) is 0 Å². The van der Waals surface area contributed by atoms with Crippen LogP contribution in [0, 0.1) is 18.6 Å². The lowest BCUT2D eigenvalue weighted by Crippen LogP contribution is -2.31. The molecule has 116 valence electrons. The van der Waals surface area contributed by atoms with Crippen LogP contribution in [0.3, 0.4) is 0 Å². The van der Waals surface area contributed by atoms with Crippen LogP contribution in [0.25, 0.3) is 0 Å². The Morgan fingerprint density at radius 3 is 2.64 bits per heavy atom. The lowest BCUT2D eigenvalue weighted by Gasteiger charge is -2.12. The van der Waals surface area contributed by atoms with Gasteiger partial charge in [-0.3, -0.25) is 0 Å². The number of thiocarbonyl (C=S) groups is 1. The SMILES string of the molecule is Cc1cc(Br)cnc1NC(=S)NCCc1c(F)cccc1F. The molecule has 22 heavy (non-hydrogen) atoms. The normalized spacial score (nSPS) is 10.4. The quantitative estimate of drug-likeness (QED) is 0.781. The van der Waals surface area contributed by atoms with E-state index in [2.05, 4.69) is 31.5 Å². The second kappa shape index (κ2) is 7.60. The molecular weight excluding hydrogens is 372 g/mol. The number of aryl methyl sites for hydroxylation is 1. The van der Waals surface area contributed by atoms with Crippen LogP contribution in [0.2, 0.25) is 0 Å². The zero-order valence-electron chi connectivity index (χ0n) is 11.8. The van der Waals surface area contributed by atoms with Gasteiger partial charge in [0.2, 0.25) is 0 Å². The summed E-state index contributed by atoms with van der Waals surface area (Å²) in [6.07, 6.45) is 1.86. The van der Waals surface area contributed by atoms with E-state index >= 15 is 0 Å². The Hall–Kier alpha value is -1.60. The van der Waals surface area contributed by atoms with Gasteiger partial charge < -0.3 is 10.6 Å². The van der Waals surface area contributed by atoms with E-state index < -0.39 is 11.6 Å². The van der Waals surface area contributed by atoms with Gasteiger partial charge in [0.25, 0.3) is 0 Å². The second-order valence-corrected chi connectivity index (χ2v) is 5.97. The highest BCUT2D eigenvalue weighted by Gasteiger charge is 2.08. The van der Waals surface area contributed by atoms with Gasteiger partial charge >= 0.3 is 0 Å². The molecule has 2 rings (SSSR count). The van der Waals surface area contributed by atoms with Crippen LogP contribution in [0.5, 0.6) is 0 Å². The van der Waals surface area contributed by atoms with Crippen LogP contribution < -0.4 is 10.6 Å². The van der Waals surface area contributed by atoms with Crippen molar-refractivity contribution < 1.29 is 8.78 Å². The van der Waals surface area contributed by atoms with Gasteiger partial charge in [-0.15, -0.1) is 0 Å². The maximum atomic E-state index is 13.5. The van der Waals surface area contributed by atoms with Crippen molar-refractivity contribution in [3.63, 3.8) is 0 Å². The average Bonchev–Trinajstić information content (AvgIpc) is 2.45. The number of aromatic nitrogens is 1. The molecule has 0 unspecified atom stereocenters. The van der Waals surface area contributed by atoms with Crippen molar-refractivity contribution in [2.75, 3.05) is 11.9 Å². The molecule has 0 aliphatic heterocycles. The van der Waals surface area contributed by atoms with Crippen LogP contribution in [-0.2, 0) is 6.42 Å². The summed E-state index contributed by atoms with van der Waals surface area (Å²) in [5, 5.41) is 6.22. The fourth-order valence-electron chi connectivity index (χ4n) is 1.90. The fraction of sp³-hybridized carbons (Fsp3) is 0.200. The molecule has 7 heteroatoms. The Balaban J connectivity index is 1.88. The largest absolute Gasteiger partial charge is 0.362 e. The minimum atomic E-state index is -0.550. The van der Waals surface area contributed by atoms with Crippen molar-refractivity contribution in [1.82, 2.24) is 10.3 Å². The van der Waals surface area contributed by atoms with Crippen molar-refractivity contribution in [2.24, 2.45) is 0 Å². The Labute approximate surface area is 141 Å². The van der Waals surface area contributed by atoms with E-state index in [0.717, 1.165) is 10.0 Å². The molecule has 0 amide bonds. The average molecular weight is 386 g/mol. The third-order valence-corrected chi connectivity index (χ3v) is 3.68. The molecule has 0 saturated carbocycles. The predicted molar refractivity (Wildman–Crippen MR) is 91.0 cm³/mol. The molecule has 3 nitrogen and oxygen atoms in total. The number of halogens is 3. The predicted octanol–water partition coefficient (Wildman–Crippen LogP) is 3.96. The van der Waals surface area contributed by atoms with Crippen LogP contribution in [0.4, 0.5) is 14.6 Å². The Bertz CT molecular complexity index is 674. The minimum absolute atomic E-state index is 0.0516. The molecule has 0 fully saturated rings. The summed E-state index contributed by atoms with van der Waals surface area (Å²) in [5.74, 6) is -0.463. The first kappa shape index (κ1) is 16.8. The third kappa shape index (κ3) is 4.45. The topological polar surface area (TPSA) is 37.0 Å². The van der Waals surface area contributed by atoms with Gasteiger partial charge in [0.05, 0.1) is 0 Å². The molecule has 0 spiro atoms. The Morgan fingerprint density at radius 1 is 1.32 bits per heavy atom. The standard InChI is InChI=1S/C15H14BrF2N3S/c1-9-7-10(16)8-20-14(9)21-15(22)19-6-5-11-12(17)3-2-4-13(11)18/h2-4,7-8H,5-6H2,1H3,(H2,19,20,21,22). The van der Waals surface area contributed by atoms with Crippen molar-refractivity contribution in [1.29, 1.82) is 0 Å². The van der Waals surface area contributed by atoms with E-state index in [0.29, 0.717) is 17.5 Å². The summed E-state index contributed by atoms with van der Waals surface area (Å²) in [5.41, 5.74) is 0.981. The molecule has 0 aliphatic carbocycles. The van der Waals surface area contributed by atoms with E-state index in [9.17, 15) is 8.78 Å². The summed E-state index contributed by atoms with van der Waals surface area (Å²) in [4.78, 5) is 4.21. The number of pyridine rings is 1. The maximum Gasteiger partial charge on any atom is 0.171 e. The molecular formula is C15H14BrF2N3S. The van der Waals surface area contributed by atoms with Crippen LogP contribution >= 0.6 is 28.1 Å². The van der Waals surface area contributed by atoms with Crippen LogP contribution in [0.15, 0.2) is 34.9 Å². The maximum absolute atomic E-state index is 13.5. The van der Waals surface area contributed by atoms with Crippen molar-refractivity contribution in [3.8, 4) is 0 Å². The number of hydrogen-bond acceptors (Lipinski definition) is 2.